The van der Waals surface area contributed by atoms with Gasteiger partial charge < -0.3 is 9.47 Å². The second-order valence-corrected chi connectivity index (χ2v) is 7.22. The fourth-order valence-electron chi connectivity index (χ4n) is 4.14. The minimum atomic E-state index is -0.418. The average molecular weight is 357 g/mol. The third-order valence-corrected chi connectivity index (χ3v) is 5.40. The maximum absolute atomic E-state index is 13.9. The second kappa shape index (κ2) is 7.68. The van der Waals surface area contributed by atoms with Gasteiger partial charge in [-0.3, -0.25) is 9.88 Å². The summed E-state index contributed by atoms with van der Waals surface area (Å²) < 4.78 is 25.8. The Morgan fingerprint density at radius 2 is 2.15 bits per heavy atom. The molecular weight excluding hydrogens is 333 g/mol. The Balaban J connectivity index is 1.48. The van der Waals surface area contributed by atoms with Crippen LogP contribution in [0, 0.1) is 11.2 Å². The minimum Gasteiger partial charge on any atom is -0.475 e. The summed E-state index contributed by atoms with van der Waals surface area (Å²) in [5.74, 6) is -0.341. The van der Waals surface area contributed by atoms with Crippen molar-refractivity contribution >= 4 is 0 Å². The van der Waals surface area contributed by atoms with E-state index in [9.17, 15) is 4.39 Å². The fraction of sp³-hybridized carbons (Fsp3) is 0.500. The van der Waals surface area contributed by atoms with Gasteiger partial charge in [0.1, 0.15) is 0 Å². The molecule has 4 heterocycles. The summed E-state index contributed by atoms with van der Waals surface area (Å²) in [6.07, 6.45) is 6.52. The first-order valence-corrected chi connectivity index (χ1v) is 9.22. The molecule has 2 aliphatic heterocycles. The van der Waals surface area contributed by atoms with Crippen molar-refractivity contribution in [3.63, 3.8) is 0 Å². The predicted molar refractivity (Wildman–Crippen MR) is 95.2 cm³/mol. The van der Waals surface area contributed by atoms with Crippen LogP contribution in [-0.2, 0) is 11.3 Å². The number of piperidine rings is 1. The number of rotatable bonds is 5. The lowest BCUT2D eigenvalue weighted by Crippen LogP contribution is -2.57. The third-order valence-electron chi connectivity index (χ3n) is 5.40. The maximum Gasteiger partial charge on any atom is 0.250 e. The Kier molecular flexibility index (Phi) is 5.13. The first-order chi connectivity index (χ1) is 12.8. The Hall–Kier alpha value is -2.05. The molecular formula is C20H24FN3O2. The number of nitrogens with zero attached hydrogens (tertiary/aromatic N) is 3. The molecule has 138 valence electrons. The van der Waals surface area contributed by atoms with Gasteiger partial charge in [0.25, 0.3) is 0 Å². The summed E-state index contributed by atoms with van der Waals surface area (Å²) in [6.45, 7) is 3.87. The van der Waals surface area contributed by atoms with Crippen molar-refractivity contribution in [2.75, 3.05) is 26.3 Å². The van der Waals surface area contributed by atoms with Gasteiger partial charge in [-0.05, 0) is 43.5 Å². The molecule has 2 aromatic heterocycles. The summed E-state index contributed by atoms with van der Waals surface area (Å²) in [5, 5.41) is 0. The van der Waals surface area contributed by atoms with Crippen LogP contribution in [0.1, 0.15) is 25.0 Å². The molecule has 5 nitrogen and oxygen atoms in total. The van der Waals surface area contributed by atoms with Crippen molar-refractivity contribution in [3.8, 4) is 5.88 Å². The van der Waals surface area contributed by atoms with Gasteiger partial charge in [-0.25, -0.2) is 9.37 Å². The first-order valence-electron chi connectivity index (χ1n) is 9.22. The zero-order valence-electron chi connectivity index (χ0n) is 14.8. The van der Waals surface area contributed by atoms with Gasteiger partial charge in [-0.15, -0.1) is 0 Å². The average Bonchev–Trinajstić information content (AvgIpc) is 2.68. The van der Waals surface area contributed by atoms with E-state index in [4.69, 9.17) is 9.47 Å². The predicted octanol–water partition coefficient (Wildman–Crippen LogP) is 3.07. The summed E-state index contributed by atoms with van der Waals surface area (Å²) in [6, 6.07) is 8.95. The van der Waals surface area contributed by atoms with Gasteiger partial charge in [0.15, 0.2) is 5.82 Å². The highest BCUT2D eigenvalue weighted by atomic mass is 19.1. The Bertz CT molecular complexity index is 730. The first kappa shape index (κ1) is 17.4. The van der Waals surface area contributed by atoms with Gasteiger partial charge in [0.05, 0.1) is 18.4 Å². The van der Waals surface area contributed by atoms with Crippen LogP contribution < -0.4 is 4.74 Å². The van der Waals surface area contributed by atoms with Gasteiger partial charge in [0, 0.05) is 44.0 Å². The molecule has 0 bridgehead atoms. The van der Waals surface area contributed by atoms with Gasteiger partial charge >= 0.3 is 0 Å². The topological polar surface area (TPSA) is 47.5 Å². The van der Waals surface area contributed by atoms with Crippen molar-refractivity contribution < 1.29 is 13.9 Å². The highest BCUT2D eigenvalue weighted by Crippen LogP contribution is 2.41. The van der Waals surface area contributed by atoms with Crippen molar-refractivity contribution in [3.05, 3.63) is 54.2 Å². The number of ether oxygens (including phenoxy) is 2. The van der Waals surface area contributed by atoms with Crippen LogP contribution in [0.3, 0.4) is 0 Å². The molecule has 0 spiro atoms. The van der Waals surface area contributed by atoms with Crippen LogP contribution in [0.2, 0.25) is 0 Å². The quantitative estimate of drug-likeness (QED) is 0.823. The Morgan fingerprint density at radius 1 is 1.23 bits per heavy atom. The van der Waals surface area contributed by atoms with Gasteiger partial charge in [0.2, 0.25) is 5.88 Å². The van der Waals surface area contributed by atoms with E-state index in [1.54, 1.807) is 12.3 Å². The summed E-state index contributed by atoms with van der Waals surface area (Å²) in [4.78, 5) is 10.9. The number of aromatic nitrogens is 2. The van der Waals surface area contributed by atoms with Crippen LogP contribution in [0.25, 0.3) is 0 Å². The van der Waals surface area contributed by atoms with E-state index in [0.717, 1.165) is 51.2 Å². The normalized spacial score (nSPS) is 26.3. The Labute approximate surface area is 153 Å². The molecule has 4 rings (SSSR count). The largest absolute Gasteiger partial charge is 0.475 e. The van der Waals surface area contributed by atoms with Crippen molar-refractivity contribution in [2.24, 2.45) is 5.41 Å². The van der Waals surface area contributed by atoms with E-state index >= 15 is 0 Å². The second-order valence-electron chi connectivity index (χ2n) is 7.22. The van der Waals surface area contributed by atoms with Gasteiger partial charge in [-0.2, -0.15) is 0 Å². The molecule has 0 amide bonds. The molecule has 2 saturated heterocycles. The number of likely N-dealkylation sites (tertiary alicyclic amines) is 1. The van der Waals surface area contributed by atoms with Crippen LogP contribution in [0.4, 0.5) is 4.39 Å². The Morgan fingerprint density at radius 3 is 3.00 bits per heavy atom. The van der Waals surface area contributed by atoms with Crippen LogP contribution in [0.15, 0.2) is 42.7 Å². The zero-order valence-corrected chi connectivity index (χ0v) is 14.8. The highest BCUT2D eigenvalue weighted by Gasteiger charge is 2.46. The lowest BCUT2D eigenvalue weighted by Gasteiger charge is -2.50. The molecule has 0 aromatic carbocycles. The zero-order chi connectivity index (χ0) is 17.8. The van der Waals surface area contributed by atoms with Crippen molar-refractivity contribution in [1.29, 1.82) is 0 Å². The molecule has 2 aromatic rings. The number of hydrogen-bond acceptors (Lipinski definition) is 5. The monoisotopic (exact) mass is 357 g/mol. The number of halogens is 1. The van der Waals surface area contributed by atoms with E-state index in [2.05, 4.69) is 20.9 Å². The van der Waals surface area contributed by atoms with Crippen molar-refractivity contribution in [2.45, 2.75) is 31.9 Å². The molecule has 0 saturated carbocycles. The lowest BCUT2D eigenvalue weighted by atomic mass is 9.73. The summed E-state index contributed by atoms with van der Waals surface area (Å²) >= 11 is 0. The standard InChI is InChI=1S/C20H24FN3O2/c21-17-6-3-10-23-19(17)26-15-20-8-4-12-25-18(20)7-11-24(14-20)13-16-5-1-2-9-22-16/h1-3,5-6,9-10,18H,4,7-8,11-15H2/t18-,20-/m1/s1. The van der Waals surface area contributed by atoms with E-state index in [0.29, 0.717) is 6.61 Å². The molecule has 26 heavy (non-hydrogen) atoms. The van der Waals surface area contributed by atoms with Crippen molar-refractivity contribution in [1.82, 2.24) is 14.9 Å². The van der Waals surface area contributed by atoms with Gasteiger partial charge in [-0.1, -0.05) is 6.07 Å². The number of fused-ring (bicyclic) bond motifs is 1. The highest BCUT2D eigenvalue weighted by molar-refractivity contribution is 5.13. The fourth-order valence-corrected chi connectivity index (χ4v) is 4.14. The molecule has 0 radical (unpaired) electrons. The van der Waals surface area contributed by atoms with Crippen LogP contribution >= 0.6 is 0 Å². The van der Waals surface area contributed by atoms with E-state index in [1.165, 1.54) is 6.07 Å². The van der Waals surface area contributed by atoms with E-state index in [1.807, 2.05) is 18.3 Å². The molecule has 0 N–H and O–H groups in total. The summed E-state index contributed by atoms with van der Waals surface area (Å²) in [5.41, 5.74) is 0.935. The maximum atomic E-state index is 13.9. The van der Waals surface area contributed by atoms with Crippen LogP contribution in [0.5, 0.6) is 5.88 Å². The molecule has 2 atom stereocenters. The summed E-state index contributed by atoms with van der Waals surface area (Å²) in [7, 11) is 0. The lowest BCUT2D eigenvalue weighted by molar-refractivity contribution is -0.141. The number of hydrogen-bond donors (Lipinski definition) is 0. The number of pyridine rings is 2. The van der Waals surface area contributed by atoms with E-state index in [-0.39, 0.29) is 17.4 Å². The minimum absolute atomic E-state index is 0.0769. The third kappa shape index (κ3) is 3.71. The molecule has 0 unspecified atom stereocenters. The molecule has 2 fully saturated rings. The van der Waals surface area contributed by atoms with Crippen LogP contribution in [-0.4, -0.2) is 47.3 Å². The molecule has 0 aliphatic carbocycles. The van der Waals surface area contributed by atoms with E-state index < -0.39 is 5.82 Å². The SMILES string of the molecule is Fc1cccnc1OC[C@]12CCCO[C@@H]1CCN(Cc1ccccn1)C2. The molecule has 2 aliphatic rings. The smallest absolute Gasteiger partial charge is 0.250 e. The molecule has 6 heteroatoms.